The van der Waals surface area contributed by atoms with Crippen LogP contribution in [-0.2, 0) is 0 Å². The van der Waals surface area contributed by atoms with Gasteiger partial charge in [0.2, 0.25) is 5.43 Å². The first-order valence-corrected chi connectivity index (χ1v) is 5.30. The molecule has 2 nitrogen and oxygen atoms in total. The molecule has 0 aromatic heterocycles. The predicted molar refractivity (Wildman–Crippen MR) is 62.6 cm³/mol. The summed E-state index contributed by atoms with van der Waals surface area (Å²) >= 11 is 0. The molecular weight excluding hydrogens is 188 g/mol. The summed E-state index contributed by atoms with van der Waals surface area (Å²) in [6, 6.07) is 5.15. The lowest BCUT2D eigenvalue weighted by Crippen LogP contribution is -1.97. The van der Waals surface area contributed by atoms with Gasteiger partial charge in [0.1, 0.15) is 0 Å². The maximum Gasteiger partial charge on any atom is 0.220 e. The largest absolute Gasteiger partial charge is 0.504 e. The van der Waals surface area contributed by atoms with Crippen LogP contribution in [-0.4, -0.2) is 5.11 Å². The first-order valence-electron chi connectivity index (χ1n) is 5.30. The third-order valence-corrected chi connectivity index (χ3v) is 2.54. The highest BCUT2D eigenvalue weighted by Gasteiger charge is 2.09. The molecule has 0 aliphatic carbocycles. The van der Waals surface area contributed by atoms with Crippen molar-refractivity contribution in [1.82, 2.24) is 0 Å². The molecule has 0 atom stereocenters. The van der Waals surface area contributed by atoms with Crippen molar-refractivity contribution in [1.29, 1.82) is 0 Å². The van der Waals surface area contributed by atoms with Gasteiger partial charge in [-0.3, -0.25) is 4.79 Å². The van der Waals surface area contributed by atoms with Crippen LogP contribution in [0, 0.1) is 0 Å². The van der Waals surface area contributed by atoms with E-state index in [2.05, 4.69) is 13.8 Å². The Kier molecular flexibility index (Phi) is 3.51. The predicted octanol–water partition coefficient (Wildman–Crippen LogP) is 3.00. The lowest BCUT2D eigenvalue weighted by atomic mass is 9.99. The summed E-state index contributed by atoms with van der Waals surface area (Å²) in [5.74, 6) is 0.396. The summed E-state index contributed by atoms with van der Waals surface area (Å²) in [6.45, 7) is 8.08. The van der Waals surface area contributed by atoms with E-state index in [1.807, 2.05) is 19.9 Å². The highest BCUT2D eigenvalue weighted by Crippen LogP contribution is 2.24. The van der Waals surface area contributed by atoms with Crippen LogP contribution in [0.2, 0.25) is 0 Å². The van der Waals surface area contributed by atoms with Crippen LogP contribution in [0.15, 0.2) is 23.0 Å². The zero-order valence-corrected chi connectivity index (χ0v) is 9.74. The minimum atomic E-state index is -0.300. The van der Waals surface area contributed by atoms with E-state index in [9.17, 15) is 9.90 Å². The molecule has 82 valence electrons. The fraction of sp³-hybridized carbons (Fsp3) is 0.462. The molecule has 0 aliphatic heterocycles. The standard InChI is InChI=1S/C13H18O2/c1-8(2)10-5-6-12(14)13(15)11(7-10)9(3)4/h5-9H,1-4H3,(H,14,15). The van der Waals surface area contributed by atoms with E-state index in [4.69, 9.17) is 0 Å². The molecule has 0 unspecified atom stereocenters. The second-order valence-corrected chi connectivity index (χ2v) is 4.46. The van der Waals surface area contributed by atoms with E-state index in [1.165, 1.54) is 6.07 Å². The molecule has 1 N–H and O–H groups in total. The van der Waals surface area contributed by atoms with Gasteiger partial charge in [-0.2, -0.15) is 0 Å². The Morgan fingerprint density at radius 3 is 2.13 bits per heavy atom. The molecule has 1 aromatic rings. The van der Waals surface area contributed by atoms with E-state index in [1.54, 1.807) is 6.07 Å². The zero-order chi connectivity index (χ0) is 11.6. The van der Waals surface area contributed by atoms with Crippen LogP contribution in [0.5, 0.6) is 5.75 Å². The smallest absolute Gasteiger partial charge is 0.220 e. The lowest BCUT2D eigenvalue weighted by Gasteiger charge is -2.07. The summed E-state index contributed by atoms with van der Waals surface area (Å²) in [5, 5.41) is 9.72. The van der Waals surface area contributed by atoms with E-state index < -0.39 is 0 Å². The normalized spacial score (nSPS) is 11.1. The van der Waals surface area contributed by atoms with Crippen LogP contribution in [0.3, 0.4) is 0 Å². The fourth-order valence-electron chi connectivity index (χ4n) is 1.49. The Morgan fingerprint density at radius 1 is 1.07 bits per heavy atom. The van der Waals surface area contributed by atoms with Gasteiger partial charge in [0.15, 0.2) is 5.75 Å². The summed E-state index contributed by atoms with van der Waals surface area (Å²) in [4.78, 5) is 11.5. The zero-order valence-electron chi connectivity index (χ0n) is 9.74. The van der Waals surface area contributed by atoms with Crippen molar-refractivity contribution in [3.63, 3.8) is 0 Å². The average molecular weight is 206 g/mol. The maximum atomic E-state index is 11.5. The first-order chi connectivity index (χ1) is 6.93. The molecule has 1 rings (SSSR count). The molecule has 0 fully saturated rings. The molecule has 0 aliphatic rings. The van der Waals surface area contributed by atoms with Gasteiger partial charge in [-0.1, -0.05) is 39.8 Å². The van der Waals surface area contributed by atoms with Gasteiger partial charge in [-0.25, -0.2) is 0 Å². The Morgan fingerprint density at radius 2 is 1.67 bits per heavy atom. The molecule has 0 radical (unpaired) electrons. The lowest BCUT2D eigenvalue weighted by molar-refractivity contribution is 0.460. The quantitative estimate of drug-likeness (QED) is 0.807. The van der Waals surface area contributed by atoms with Crippen molar-refractivity contribution >= 4 is 0 Å². The molecule has 0 spiro atoms. The van der Waals surface area contributed by atoms with E-state index in [0.717, 1.165) is 11.1 Å². The molecular formula is C13H18O2. The first kappa shape index (κ1) is 11.8. The van der Waals surface area contributed by atoms with Crippen LogP contribution in [0.25, 0.3) is 0 Å². The van der Waals surface area contributed by atoms with Gasteiger partial charge in [0, 0.05) is 5.56 Å². The summed E-state index contributed by atoms with van der Waals surface area (Å²) < 4.78 is 0. The summed E-state index contributed by atoms with van der Waals surface area (Å²) in [5.41, 5.74) is 1.51. The van der Waals surface area contributed by atoms with Crippen LogP contribution in [0.1, 0.15) is 50.7 Å². The van der Waals surface area contributed by atoms with Gasteiger partial charge in [0.05, 0.1) is 0 Å². The molecule has 2 heteroatoms. The second-order valence-electron chi connectivity index (χ2n) is 4.46. The van der Waals surface area contributed by atoms with Crippen molar-refractivity contribution in [3.8, 4) is 5.75 Å². The van der Waals surface area contributed by atoms with E-state index in [-0.39, 0.29) is 17.1 Å². The third-order valence-electron chi connectivity index (χ3n) is 2.54. The second kappa shape index (κ2) is 4.47. The Bertz CT molecular complexity index is 406. The van der Waals surface area contributed by atoms with Crippen molar-refractivity contribution in [2.45, 2.75) is 39.5 Å². The van der Waals surface area contributed by atoms with Gasteiger partial charge in [0.25, 0.3) is 0 Å². The highest BCUT2D eigenvalue weighted by molar-refractivity contribution is 5.37. The Labute approximate surface area is 90.6 Å². The molecule has 0 bridgehead atoms. The molecule has 15 heavy (non-hydrogen) atoms. The highest BCUT2D eigenvalue weighted by atomic mass is 16.3. The van der Waals surface area contributed by atoms with E-state index >= 15 is 0 Å². The minimum Gasteiger partial charge on any atom is -0.504 e. The molecule has 0 saturated carbocycles. The average Bonchev–Trinajstić information content (AvgIpc) is 2.28. The van der Waals surface area contributed by atoms with E-state index in [0.29, 0.717) is 5.92 Å². The SMILES string of the molecule is CC(C)c1ccc(=O)c(O)c(C(C)C)c1. The van der Waals surface area contributed by atoms with Crippen molar-refractivity contribution < 1.29 is 5.11 Å². The number of rotatable bonds is 2. The summed E-state index contributed by atoms with van der Waals surface area (Å²) in [7, 11) is 0. The third kappa shape index (κ3) is 2.58. The van der Waals surface area contributed by atoms with Gasteiger partial charge >= 0.3 is 0 Å². The molecule has 0 saturated heterocycles. The number of hydrogen-bond acceptors (Lipinski definition) is 2. The number of hydrogen-bond donors (Lipinski definition) is 1. The monoisotopic (exact) mass is 206 g/mol. The van der Waals surface area contributed by atoms with Crippen molar-refractivity contribution in [2.24, 2.45) is 0 Å². The summed E-state index contributed by atoms with van der Waals surface area (Å²) in [6.07, 6.45) is 0. The van der Waals surface area contributed by atoms with Crippen molar-refractivity contribution in [2.75, 3.05) is 0 Å². The van der Waals surface area contributed by atoms with Crippen molar-refractivity contribution in [3.05, 3.63) is 39.5 Å². The maximum absolute atomic E-state index is 11.5. The minimum absolute atomic E-state index is 0.114. The van der Waals surface area contributed by atoms with Crippen LogP contribution in [0.4, 0.5) is 0 Å². The molecule has 0 amide bonds. The topological polar surface area (TPSA) is 37.3 Å². The molecule has 0 heterocycles. The Hall–Kier alpha value is -1.31. The number of aromatic hydroxyl groups is 1. The van der Waals surface area contributed by atoms with Crippen LogP contribution < -0.4 is 5.43 Å². The van der Waals surface area contributed by atoms with Gasteiger partial charge in [-0.05, 0) is 23.5 Å². The van der Waals surface area contributed by atoms with Gasteiger partial charge < -0.3 is 5.11 Å². The van der Waals surface area contributed by atoms with Gasteiger partial charge in [-0.15, -0.1) is 0 Å². The fourth-order valence-corrected chi connectivity index (χ4v) is 1.49. The van der Waals surface area contributed by atoms with Crippen LogP contribution >= 0.6 is 0 Å². The Balaban J connectivity index is 3.50. The molecule has 1 aromatic carbocycles.